The van der Waals surface area contributed by atoms with Crippen LogP contribution in [0.2, 0.25) is 4.34 Å². The third-order valence-corrected chi connectivity index (χ3v) is 4.28. The normalized spacial score (nSPS) is 10.7. The van der Waals surface area contributed by atoms with Crippen LogP contribution in [0.25, 0.3) is 10.8 Å². The maximum atomic E-state index is 11.4. The molecule has 0 atom stereocenters. The molecule has 0 spiro atoms. The molecule has 2 aromatic carbocycles. The number of ether oxygens (including phenoxy) is 1. The van der Waals surface area contributed by atoms with E-state index in [-0.39, 0.29) is 5.56 Å². The van der Waals surface area contributed by atoms with Crippen LogP contribution in [-0.2, 0) is 6.61 Å². The number of hydrogen-bond donors (Lipinski definition) is 1. The zero-order chi connectivity index (χ0) is 14.8. The van der Waals surface area contributed by atoms with E-state index in [2.05, 4.69) is 0 Å². The second-order valence-corrected chi connectivity index (χ2v) is 6.29. The van der Waals surface area contributed by atoms with Crippen LogP contribution >= 0.6 is 22.9 Å². The lowest BCUT2D eigenvalue weighted by Gasteiger charge is -2.10. The molecule has 1 aromatic heterocycles. The van der Waals surface area contributed by atoms with Crippen molar-refractivity contribution in [3.63, 3.8) is 0 Å². The first kappa shape index (κ1) is 13.9. The molecule has 0 aliphatic rings. The number of benzene rings is 2. The highest BCUT2D eigenvalue weighted by atomic mass is 35.5. The van der Waals surface area contributed by atoms with Crippen LogP contribution in [0.15, 0.2) is 48.5 Å². The average Bonchev–Trinajstić information content (AvgIpc) is 2.89. The number of carbonyl (C=O) groups is 1. The van der Waals surface area contributed by atoms with Crippen molar-refractivity contribution in [2.75, 3.05) is 0 Å². The quantitative estimate of drug-likeness (QED) is 0.749. The molecule has 0 aliphatic heterocycles. The lowest BCUT2D eigenvalue weighted by Crippen LogP contribution is -2.03. The second-order valence-electron chi connectivity index (χ2n) is 4.50. The van der Waals surface area contributed by atoms with E-state index in [1.54, 1.807) is 18.2 Å². The molecule has 0 radical (unpaired) electrons. The first-order valence-corrected chi connectivity index (χ1v) is 7.46. The van der Waals surface area contributed by atoms with E-state index >= 15 is 0 Å². The summed E-state index contributed by atoms with van der Waals surface area (Å²) >= 11 is 7.29. The van der Waals surface area contributed by atoms with E-state index in [1.807, 2.05) is 30.3 Å². The Morgan fingerprint density at radius 3 is 2.48 bits per heavy atom. The summed E-state index contributed by atoms with van der Waals surface area (Å²) in [6.07, 6.45) is 0. The van der Waals surface area contributed by atoms with Crippen LogP contribution < -0.4 is 4.74 Å². The molecule has 3 nitrogen and oxygen atoms in total. The van der Waals surface area contributed by atoms with Gasteiger partial charge in [-0.15, -0.1) is 11.3 Å². The second kappa shape index (κ2) is 5.76. The van der Waals surface area contributed by atoms with E-state index in [0.717, 1.165) is 15.6 Å². The topological polar surface area (TPSA) is 46.5 Å². The standard InChI is InChI=1S/C16H11ClO3S/c17-15-6-5-12(21-15)9-20-14-8-11-4-2-1-3-10(11)7-13(14)16(18)19/h1-8H,9H2,(H,18,19). The molecule has 5 heteroatoms. The fraction of sp³-hybridized carbons (Fsp3) is 0.0625. The molecule has 0 unspecified atom stereocenters. The van der Waals surface area contributed by atoms with E-state index in [0.29, 0.717) is 16.7 Å². The minimum atomic E-state index is -1.00. The van der Waals surface area contributed by atoms with Gasteiger partial charge in [-0.2, -0.15) is 0 Å². The van der Waals surface area contributed by atoms with Gasteiger partial charge in [-0.1, -0.05) is 35.9 Å². The Hall–Kier alpha value is -2.04. The number of hydrogen-bond acceptors (Lipinski definition) is 3. The van der Waals surface area contributed by atoms with Crippen molar-refractivity contribution >= 4 is 39.7 Å². The van der Waals surface area contributed by atoms with E-state index in [4.69, 9.17) is 16.3 Å². The Kier molecular flexibility index (Phi) is 3.82. The molecular formula is C16H11ClO3S. The Balaban J connectivity index is 1.95. The molecule has 1 N–H and O–H groups in total. The number of aromatic carboxylic acids is 1. The van der Waals surface area contributed by atoms with Crippen molar-refractivity contribution in [3.05, 3.63) is 63.3 Å². The van der Waals surface area contributed by atoms with Crippen LogP contribution in [0, 0.1) is 0 Å². The third kappa shape index (κ3) is 3.01. The Labute approximate surface area is 130 Å². The van der Waals surface area contributed by atoms with Gasteiger partial charge in [0.1, 0.15) is 17.9 Å². The molecular weight excluding hydrogens is 308 g/mol. The minimum absolute atomic E-state index is 0.163. The van der Waals surface area contributed by atoms with Gasteiger partial charge in [0, 0.05) is 4.88 Å². The lowest BCUT2D eigenvalue weighted by molar-refractivity contribution is 0.0692. The number of thiophene rings is 1. The van der Waals surface area contributed by atoms with Crippen molar-refractivity contribution in [2.24, 2.45) is 0 Å². The van der Waals surface area contributed by atoms with Gasteiger partial charge in [-0.3, -0.25) is 0 Å². The monoisotopic (exact) mass is 318 g/mol. The van der Waals surface area contributed by atoms with E-state index < -0.39 is 5.97 Å². The number of carboxylic acids is 1. The fourth-order valence-electron chi connectivity index (χ4n) is 2.08. The first-order valence-electron chi connectivity index (χ1n) is 6.26. The Morgan fingerprint density at radius 2 is 1.86 bits per heavy atom. The number of halogens is 1. The summed E-state index contributed by atoms with van der Waals surface area (Å²) in [6, 6.07) is 14.6. The van der Waals surface area contributed by atoms with Crippen LogP contribution in [0.4, 0.5) is 0 Å². The smallest absolute Gasteiger partial charge is 0.339 e. The van der Waals surface area contributed by atoms with Crippen LogP contribution in [0.5, 0.6) is 5.75 Å². The van der Waals surface area contributed by atoms with Crippen LogP contribution in [0.3, 0.4) is 0 Å². The van der Waals surface area contributed by atoms with E-state index in [1.165, 1.54) is 11.3 Å². The SMILES string of the molecule is O=C(O)c1cc2ccccc2cc1OCc1ccc(Cl)s1. The summed E-state index contributed by atoms with van der Waals surface area (Å²) < 4.78 is 6.36. The number of rotatable bonds is 4. The summed E-state index contributed by atoms with van der Waals surface area (Å²) in [6.45, 7) is 0.302. The number of fused-ring (bicyclic) bond motifs is 1. The van der Waals surface area contributed by atoms with Gasteiger partial charge in [0.05, 0.1) is 4.34 Å². The van der Waals surface area contributed by atoms with Crippen LogP contribution in [-0.4, -0.2) is 11.1 Å². The molecule has 0 amide bonds. The molecule has 3 rings (SSSR count). The predicted octanol–water partition coefficient (Wildman–Crippen LogP) is 4.83. The lowest BCUT2D eigenvalue weighted by atomic mass is 10.1. The van der Waals surface area contributed by atoms with Gasteiger partial charge in [0.25, 0.3) is 0 Å². The summed E-state index contributed by atoms with van der Waals surface area (Å²) in [5.41, 5.74) is 0.163. The molecule has 0 bridgehead atoms. The van der Waals surface area contributed by atoms with Gasteiger partial charge in [-0.05, 0) is 35.0 Å². The summed E-state index contributed by atoms with van der Waals surface area (Å²) in [4.78, 5) is 12.3. The average molecular weight is 319 g/mol. The van der Waals surface area contributed by atoms with E-state index in [9.17, 15) is 9.90 Å². The van der Waals surface area contributed by atoms with Gasteiger partial charge in [0.15, 0.2) is 0 Å². The Morgan fingerprint density at radius 1 is 1.14 bits per heavy atom. The largest absolute Gasteiger partial charge is 0.487 e. The highest BCUT2D eigenvalue weighted by molar-refractivity contribution is 7.16. The summed E-state index contributed by atoms with van der Waals surface area (Å²) in [5, 5.41) is 11.2. The molecule has 106 valence electrons. The first-order chi connectivity index (χ1) is 10.1. The van der Waals surface area contributed by atoms with Gasteiger partial charge < -0.3 is 9.84 Å². The van der Waals surface area contributed by atoms with Crippen molar-refractivity contribution in [1.82, 2.24) is 0 Å². The van der Waals surface area contributed by atoms with Gasteiger partial charge in [-0.25, -0.2) is 4.79 Å². The van der Waals surface area contributed by atoms with Crippen molar-refractivity contribution < 1.29 is 14.6 Å². The molecule has 21 heavy (non-hydrogen) atoms. The third-order valence-electron chi connectivity index (χ3n) is 3.08. The summed E-state index contributed by atoms with van der Waals surface area (Å²) in [5.74, 6) is -0.634. The molecule has 1 heterocycles. The zero-order valence-corrected chi connectivity index (χ0v) is 12.4. The molecule has 0 saturated carbocycles. The molecule has 0 saturated heterocycles. The molecule has 0 aliphatic carbocycles. The summed E-state index contributed by atoms with van der Waals surface area (Å²) in [7, 11) is 0. The highest BCUT2D eigenvalue weighted by Gasteiger charge is 2.13. The molecule has 3 aromatic rings. The fourth-order valence-corrected chi connectivity index (χ4v) is 3.08. The highest BCUT2D eigenvalue weighted by Crippen LogP contribution is 2.28. The number of carboxylic acid groups (broad SMARTS) is 1. The minimum Gasteiger partial charge on any atom is -0.487 e. The molecule has 0 fully saturated rings. The van der Waals surface area contributed by atoms with Crippen molar-refractivity contribution in [2.45, 2.75) is 6.61 Å². The zero-order valence-electron chi connectivity index (χ0n) is 10.9. The maximum Gasteiger partial charge on any atom is 0.339 e. The maximum absolute atomic E-state index is 11.4. The predicted molar refractivity (Wildman–Crippen MR) is 84.6 cm³/mol. The van der Waals surface area contributed by atoms with Gasteiger partial charge in [0.2, 0.25) is 0 Å². The van der Waals surface area contributed by atoms with Gasteiger partial charge >= 0.3 is 5.97 Å². The van der Waals surface area contributed by atoms with Crippen LogP contribution in [0.1, 0.15) is 15.2 Å². The van der Waals surface area contributed by atoms with Crippen molar-refractivity contribution in [3.8, 4) is 5.75 Å². The van der Waals surface area contributed by atoms with Crippen molar-refractivity contribution in [1.29, 1.82) is 0 Å². The Bertz CT molecular complexity index is 810.